The molecule has 0 bridgehead atoms. The summed E-state index contributed by atoms with van der Waals surface area (Å²) in [5, 5.41) is 20.8. The standard InChI is InChI=1S/C14H20N4O2/c19-10-11-9-18(17-16-11)14-6-2-1-5-13(14)15-8-12-4-3-7-20-12/h3-4,7,9,13-15,19H,1-2,5-6,8,10H2/t13-,14+/m0/s1. The highest BCUT2D eigenvalue weighted by Gasteiger charge is 2.27. The van der Waals surface area contributed by atoms with Crippen LogP contribution in [0.2, 0.25) is 0 Å². The van der Waals surface area contributed by atoms with Crippen LogP contribution >= 0.6 is 0 Å². The molecule has 2 atom stereocenters. The summed E-state index contributed by atoms with van der Waals surface area (Å²) in [6.07, 6.45) is 8.19. The maximum absolute atomic E-state index is 9.10. The van der Waals surface area contributed by atoms with Gasteiger partial charge in [0, 0.05) is 6.04 Å². The van der Waals surface area contributed by atoms with Crippen molar-refractivity contribution in [2.75, 3.05) is 0 Å². The number of hydrogen-bond acceptors (Lipinski definition) is 5. The molecule has 0 saturated heterocycles. The Bertz CT molecular complexity index is 523. The van der Waals surface area contributed by atoms with Crippen LogP contribution in [0.15, 0.2) is 29.0 Å². The zero-order valence-corrected chi connectivity index (χ0v) is 11.4. The Morgan fingerprint density at radius 1 is 1.40 bits per heavy atom. The Labute approximate surface area is 117 Å². The van der Waals surface area contributed by atoms with Crippen molar-refractivity contribution in [1.29, 1.82) is 0 Å². The molecule has 0 aliphatic heterocycles. The number of aliphatic hydroxyl groups is 1. The molecule has 1 aliphatic carbocycles. The summed E-state index contributed by atoms with van der Waals surface area (Å²) >= 11 is 0. The number of aromatic nitrogens is 3. The summed E-state index contributed by atoms with van der Waals surface area (Å²) in [5.74, 6) is 0.948. The van der Waals surface area contributed by atoms with E-state index >= 15 is 0 Å². The van der Waals surface area contributed by atoms with Crippen LogP contribution in [0.4, 0.5) is 0 Å². The van der Waals surface area contributed by atoms with Gasteiger partial charge in [-0.05, 0) is 25.0 Å². The minimum absolute atomic E-state index is 0.0583. The van der Waals surface area contributed by atoms with E-state index in [0.717, 1.165) is 25.1 Å². The molecule has 0 amide bonds. The van der Waals surface area contributed by atoms with Crippen LogP contribution in [-0.2, 0) is 13.2 Å². The minimum Gasteiger partial charge on any atom is -0.468 e. The van der Waals surface area contributed by atoms with Crippen LogP contribution in [0, 0.1) is 0 Å². The van der Waals surface area contributed by atoms with Crippen molar-refractivity contribution in [1.82, 2.24) is 20.3 Å². The second kappa shape index (κ2) is 6.19. The van der Waals surface area contributed by atoms with Gasteiger partial charge in [0.15, 0.2) is 0 Å². The molecular weight excluding hydrogens is 256 g/mol. The van der Waals surface area contributed by atoms with Crippen LogP contribution in [0.5, 0.6) is 0 Å². The number of hydrogen-bond donors (Lipinski definition) is 2. The van der Waals surface area contributed by atoms with Gasteiger partial charge in [-0.2, -0.15) is 0 Å². The van der Waals surface area contributed by atoms with E-state index in [0.29, 0.717) is 17.8 Å². The smallest absolute Gasteiger partial charge is 0.117 e. The predicted molar refractivity (Wildman–Crippen MR) is 72.8 cm³/mol. The van der Waals surface area contributed by atoms with E-state index in [-0.39, 0.29) is 6.61 Å². The molecule has 1 saturated carbocycles. The molecule has 6 nitrogen and oxygen atoms in total. The summed E-state index contributed by atoms with van der Waals surface area (Å²) in [4.78, 5) is 0. The van der Waals surface area contributed by atoms with E-state index in [4.69, 9.17) is 9.52 Å². The van der Waals surface area contributed by atoms with Gasteiger partial charge in [0.05, 0.1) is 31.7 Å². The lowest BCUT2D eigenvalue weighted by atomic mass is 9.90. The Morgan fingerprint density at radius 2 is 2.30 bits per heavy atom. The molecule has 0 aromatic carbocycles. The fourth-order valence-electron chi connectivity index (χ4n) is 2.86. The van der Waals surface area contributed by atoms with Gasteiger partial charge in [0.1, 0.15) is 11.5 Å². The van der Waals surface area contributed by atoms with Crippen molar-refractivity contribution in [3.05, 3.63) is 36.0 Å². The maximum atomic E-state index is 9.10. The second-order valence-electron chi connectivity index (χ2n) is 5.27. The Kier molecular flexibility index (Phi) is 4.13. The molecule has 20 heavy (non-hydrogen) atoms. The zero-order chi connectivity index (χ0) is 13.8. The van der Waals surface area contributed by atoms with E-state index in [1.54, 1.807) is 6.26 Å². The lowest BCUT2D eigenvalue weighted by Crippen LogP contribution is -2.39. The molecule has 0 spiro atoms. The predicted octanol–water partition coefficient (Wildman–Crippen LogP) is 1.64. The number of aliphatic hydroxyl groups excluding tert-OH is 1. The third-order valence-corrected chi connectivity index (χ3v) is 3.91. The van der Waals surface area contributed by atoms with Crippen LogP contribution in [0.1, 0.15) is 43.2 Å². The van der Waals surface area contributed by atoms with Crippen molar-refractivity contribution < 1.29 is 9.52 Å². The largest absolute Gasteiger partial charge is 0.468 e. The maximum Gasteiger partial charge on any atom is 0.117 e. The zero-order valence-electron chi connectivity index (χ0n) is 11.4. The van der Waals surface area contributed by atoms with Crippen molar-refractivity contribution in [3.63, 3.8) is 0 Å². The van der Waals surface area contributed by atoms with Crippen LogP contribution in [0.25, 0.3) is 0 Å². The van der Waals surface area contributed by atoms with E-state index < -0.39 is 0 Å². The van der Waals surface area contributed by atoms with Crippen molar-refractivity contribution in [2.24, 2.45) is 0 Å². The molecular formula is C14H20N4O2. The highest BCUT2D eigenvalue weighted by atomic mass is 16.3. The molecule has 6 heteroatoms. The molecule has 2 aromatic rings. The van der Waals surface area contributed by atoms with Gasteiger partial charge in [-0.15, -0.1) is 5.10 Å². The van der Waals surface area contributed by atoms with Crippen molar-refractivity contribution in [3.8, 4) is 0 Å². The molecule has 2 N–H and O–H groups in total. The molecule has 0 radical (unpaired) electrons. The lowest BCUT2D eigenvalue weighted by molar-refractivity contribution is 0.238. The second-order valence-corrected chi connectivity index (χ2v) is 5.27. The topological polar surface area (TPSA) is 76.1 Å². The average Bonchev–Trinajstić information content (AvgIpc) is 3.16. The normalized spacial score (nSPS) is 23.1. The quantitative estimate of drug-likeness (QED) is 0.868. The highest BCUT2D eigenvalue weighted by molar-refractivity contribution is 4.99. The van der Waals surface area contributed by atoms with Gasteiger partial charge >= 0.3 is 0 Å². The average molecular weight is 276 g/mol. The fourth-order valence-corrected chi connectivity index (χ4v) is 2.86. The third-order valence-electron chi connectivity index (χ3n) is 3.91. The van der Waals surface area contributed by atoms with Crippen molar-refractivity contribution >= 4 is 0 Å². The molecule has 108 valence electrons. The number of nitrogens with one attached hydrogen (secondary N) is 1. The minimum atomic E-state index is -0.0583. The lowest BCUT2D eigenvalue weighted by Gasteiger charge is -2.31. The first-order valence-electron chi connectivity index (χ1n) is 7.14. The van der Waals surface area contributed by atoms with Gasteiger partial charge in [0.25, 0.3) is 0 Å². The first-order valence-corrected chi connectivity index (χ1v) is 7.14. The Hall–Kier alpha value is -1.66. The van der Waals surface area contributed by atoms with Gasteiger partial charge in [-0.3, -0.25) is 0 Å². The Morgan fingerprint density at radius 3 is 3.05 bits per heavy atom. The van der Waals surface area contributed by atoms with E-state index in [9.17, 15) is 0 Å². The van der Waals surface area contributed by atoms with Gasteiger partial charge in [-0.1, -0.05) is 18.1 Å². The molecule has 2 heterocycles. The van der Waals surface area contributed by atoms with Gasteiger partial charge in [-0.25, -0.2) is 4.68 Å². The molecule has 1 aliphatic rings. The van der Waals surface area contributed by atoms with E-state index in [1.807, 2.05) is 23.0 Å². The molecule has 0 unspecified atom stereocenters. The van der Waals surface area contributed by atoms with Crippen LogP contribution < -0.4 is 5.32 Å². The summed E-state index contributed by atoms with van der Waals surface area (Å²) in [5.41, 5.74) is 0.625. The molecule has 2 aromatic heterocycles. The summed E-state index contributed by atoms with van der Waals surface area (Å²) in [7, 11) is 0. The van der Waals surface area contributed by atoms with E-state index in [2.05, 4.69) is 15.6 Å². The van der Waals surface area contributed by atoms with Crippen LogP contribution in [0.3, 0.4) is 0 Å². The van der Waals surface area contributed by atoms with E-state index in [1.165, 1.54) is 12.8 Å². The molecule has 1 fully saturated rings. The van der Waals surface area contributed by atoms with Crippen LogP contribution in [-0.4, -0.2) is 26.1 Å². The number of rotatable bonds is 5. The first kappa shape index (κ1) is 13.3. The third kappa shape index (κ3) is 2.91. The van der Waals surface area contributed by atoms with Gasteiger partial charge < -0.3 is 14.8 Å². The monoisotopic (exact) mass is 276 g/mol. The Balaban J connectivity index is 1.67. The SMILES string of the molecule is OCc1cn([C@@H]2CCCC[C@@H]2NCc2ccco2)nn1. The summed E-state index contributed by atoms with van der Waals surface area (Å²) in [6, 6.07) is 4.54. The highest BCUT2D eigenvalue weighted by Crippen LogP contribution is 2.28. The number of furan rings is 1. The summed E-state index contributed by atoms with van der Waals surface area (Å²) < 4.78 is 7.25. The molecule has 3 rings (SSSR count). The van der Waals surface area contributed by atoms with Crippen molar-refractivity contribution in [2.45, 2.75) is 50.9 Å². The fraction of sp³-hybridized carbons (Fsp3) is 0.571. The summed E-state index contributed by atoms with van der Waals surface area (Å²) in [6.45, 7) is 0.674. The van der Waals surface area contributed by atoms with Gasteiger partial charge in [0.2, 0.25) is 0 Å². The first-order chi connectivity index (χ1) is 9.86. The number of nitrogens with zero attached hydrogens (tertiary/aromatic N) is 3.